The van der Waals surface area contributed by atoms with Crippen LogP contribution in [0.2, 0.25) is 0 Å². The van der Waals surface area contributed by atoms with Crippen LogP contribution in [0.5, 0.6) is 0 Å². The number of aromatic nitrogens is 2. The van der Waals surface area contributed by atoms with E-state index in [0.29, 0.717) is 21.8 Å². The Hall–Kier alpha value is -3.06. The monoisotopic (exact) mass is 353 g/mol. The zero-order valence-corrected chi connectivity index (χ0v) is 14.2. The molecule has 2 N–H and O–H groups in total. The van der Waals surface area contributed by atoms with E-state index in [0.717, 1.165) is 11.4 Å². The normalized spacial score (nSPS) is 10.4. The first-order chi connectivity index (χ1) is 12.1. The molecule has 0 aliphatic rings. The number of carboxylic acid groups (broad SMARTS) is 1. The van der Waals surface area contributed by atoms with E-state index in [1.165, 1.54) is 17.4 Å². The Morgan fingerprint density at radius 1 is 1.00 bits per heavy atom. The van der Waals surface area contributed by atoms with Crippen LogP contribution in [0.4, 0.5) is 5.13 Å². The van der Waals surface area contributed by atoms with Gasteiger partial charge in [0.15, 0.2) is 0 Å². The van der Waals surface area contributed by atoms with Crippen molar-refractivity contribution in [3.05, 3.63) is 64.7 Å². The number of aryl methyl sites for hydroxylation is 1. The molecule has 6 nitrogen and oxygen atoms in total. The van der Waals surface area contributed by atoms with Gasteiger partial charge >= 0.3 is 5.97 Å². The topological polar surface area (TPSA) is 92.2 Å². The lowest BCUT2D eigenvalue weighted by Gasteiger charge is -2.11. The SMILES string of the molecule is CCc1nnc(NC(=O)c2ccccc2-c2ccccc2C(=O)O)s1. The molecule has 1 amide bonds. The largest absolute Gasteiger partial charge is 0.478 e. The molecule has 0 radical (unpaired) electrons. The lowest BCUT2D eigenvalue weighted by molar-refractivity contribution is 0.0697. The number of hydrogen-bond acceptors (Lipinski definition) is 5. The molecule has 7 heteroatoms. The molecular weight excluding hydrogens is 338 g/mol. The summed E-state index contributed by atoms with van der Waals surface area (Å²) >= 11 is 1.32. The van der Waals surface area contributed by atoms with Gasteiger partial charge in [-0.2, -0.15) is 0 Å². The summed E-state index contributed by atoms with van der Waals surface area (Å²) in [5.74, 6) is -1.39. The van der Waals surface area contributed by atoms with Crippen molar-refractivity contribution in [1.82, 2.24) is 10.2 Å². The van der Waals surface area contributed by atoms with E-state index < -0.39 is 5.97 Å². The molecule has 0 aliphatic heterocycles. The van der Waals surface area contributed by atoms with Gasteiger partial charge in [0.1, 0.15) is 5.01 Å². The highest BCUT2D eigenvalue weighted by molar-refractivity contribution is 7.15. The van der Waals surface area contributed by atoms with Gasteiger partial charge in [-0.25, -0.2) is 4.79 Å². The molecule has 3 rings (SSSR count). The van der Waals surface area contributed by atoms with Crippen molar-refractivity contribution in [3.63, 3.8) is 0 Å². The number of anilines is 1. The van der Waals surface area contributed by atoms with Crippen molar-refractivity contribution in [2.45, 2.75) is 13.3 Å². The molecule has 0 saturated carbocycles. The van der Waals surface area contributed by atoms with E-state index in [2.05, 4.69) is 15.5 Å². The van der Waals surface area contributed by atoms with Crippen molar-refractivity contribution in [2.24, 2.45) is 0 Å². The minimum absolute atomic E-state index is 0.145. The zero-order valence-electron chi connectivity index (χ0n) is 13.4. The molecule has 0 atom stereocenters. The van der Waals surface area contributed by atoms with Crippen molar-refractivity contribution >= 4 is 28.3 Å². The van der Waals surface area contributed by atoms with Crippen LogP contribution in [-0.4, -0.2) is 27.2 Å². The third kappa shape index (κ3) is 3.56. The van der Waals surface area contributed by atoms with Gasteiger partial charge in [0.05, 0.1) is 5.56 Å². The summed E-state index contributed by atoms with van der Waals surface area (Å²) in [5, 5.41) is 21.3. The van der Waals surface area contributed by atoms with Crippen LogP contribution in [0, 0.1) is 0 Å². The fourth-order valence-electron chi connectivity index (χ4n) is 2.43. The number of benzene rings is 2. The summed E-state index contributed by atoms with van der Waals surface area (Å²) < 4.78 is 0. The van der Waals surface area contributed by atoms with Crippen molar-refractivity contribution in [3.8, 4) is 11.1 Å². The molecule has 0 bridgehead atoms. The predicted molar refractivity (Wildman–Crippen MR) is 96.1 cm³/mol. The smallest absolute Gasteiger partial charge is 0.336 e. The highest BCUT2D eigenvalue weighted by Crippen LogP contribution is 2.28. The fourth-order valence-corrected chi connectivity index (χ4v) is 3.11. The third-order valence-corrected chi connectivity index (χ3v) is 4.59. The number of carboxylic acids is 1. The van der Waals surface area contributed by atoms with Crippen molar-refractivity contribution in [1.29, 1.82) is 0 Å². The van der Waals surface area contributed by atoms with Crippen LogP contribution < -0.4 is 5.32 Å². The molecule has 0 spiro atoms. The van der Waals surface area contributed by atoms with Crippen LogP contribution in [-0.2, 0) is 6.42 Å². The summed E-state index contributed by atoms with van der Waals surface area (Å²) in [4.78, 5) is 24.2. The maximum Gasteiger partial charge on any atom is 0.336 e. The number of nitrogens with zero attached hydrogens (tertiary/aromatic N) is 2. The van der Waals surface area contributed by atoms with E-state index in [-0.39, 0.29) is 11.5 Å². The molecule has 25 heavy (non-hydrogen) atoms. The van der Waals surface area contributed by atoms with E-state index in [1.54, 1.807) is 42.5 Å². The number of rotatable bonds is 5. The minimum atomic E-state index is -1.04. The van der Waals surface area contributed by atoms with Crippen molar-refractivity contribution in [2.75, 3.05) is 5.32 Å². The average Bonchev–Trinajstić information content (AvgIpc) is 3.09. The number of carbonyl (C=O) groups excluding carboxylic acids is 1. The zero-order chi connectivity index (χ0) is 17.8. The molecule has 2 aromatic carbocycles. The Balaban J connectivity index is 1.99. The van der Waals surface area contributed by atoms with Crippen LogP contribution in [0.3, 0.4) is 0 Å². The van der Waals surface area contributed by atoms with Crippen LogP contribution in [0.15, 0.2) is 48.5 Å². The molecule has 1 heterocycles. The summed E-state index contributed by atoms with van der Waals surface area (Å²) in [6.07, 6.45) is 0.746. The first kappa shape index (κ1) is 16.8. The Bertz CT molecular complexity index is 937. The van der Waals surface area contributed by atoms with E-state index in [9.17, 15) is 14.7 Å². The minimum Gasteiger partial charge on any atom is -0.478 e. The lowest BCUT2D eigenvalue weighted by Crippen LogP contribution is -2.13. The highest BCUT2D eigenvalue weighted by Gasteiger charge is 2.18. The Kier molecular flexibility index (Phi) is 4.85. The van der Waals surface area contributed by atoms with Crippen LogP contribution >= 0.6 is 11.3 Å². The highest BCUT2D eigenvalue weighted by atomic mass is 32.1. The standard InChI is InChI=1S/C18H15N3O3S/c1-2-15-20-21-18(25-15)19-16(22)13-9-5-3-7-11(13)12-8-4-6-10-14(12)17(23)24/h3-10H,2H2,1H3,(H,23,24)(H,19,21,22). The first-order valence-electron chi connectivity index (χ1n) is 7.65. The number of carbonyl (C=O) groups is 2. The van der Waals surface area contributed by atoms with Crippen LogP contribution in [0.1, 0.15) is 32.6 Å². The third-order valence-electron chi connectivity index (χ3n) is 3.61. The maximum absolute atomic E-state index is 12.7. The number of aromatic carboxylic acids is 1. The van der Waals surface area contributed by atoms with E-state index in [1.807, 2.05) is 6.92 Å². The van der Waals surface area contributed by atoms with Gasteiger partial charge in [0.2, 0.25) is 5.13 Å². The second-order valence-corrected chi connectivity index (χ2v) is 6.27. The quantitative estimate of drug-likeness (QED) is 0.729. The molecule has 0 unspecified atom stereocenters. The van der Waals surface area contributed by atoms with Crippen LogP contribution in [0.25, 0.3) is 11.1 Å². The Morgan fingerprint density at radius 2 is 1.60 bits per heavy atom. The second-order valence-electron chi connectivity index (χ2n) is 5.20. The molecular formula is C18H15N3O3S. The number of nitrogens with one attached hydrogen (secondary N) is 1. The first-order valence-corrected chi connectivity index (χ1v) is 8.47. The molecule has 3 aromatic rings. The molecule has 0 aliphatic carbocycles. The second kappa shape index (κ2) is 7.23. The molecule has 1 aromatic heterocycles. The van der Waals surface area contributed by atoms with E-state index in [4.69, 9.17) is 0 Å². The predicted octanol–water partition coefficient (Wildman–Crippen LogP) is 3.72. The van der Waals surface area contributed by atoms with Gasteiger partial charge in [-0.1, -0.05) is 54.7 Å². The lowest BCUT2D eigenvalue weighted by atomic mass is 9.95. The fraction of sp³-hybridized carbons (Fsp3) is 0.111. The summed E-state index contributed by atoms with van der Waals surface area (Å²) in [6, 6.07) is 13.5. The van der Waals surface area contributed by atoms with Gasteiger partial charge in [-0.3, -0.25) is 10.1 Å². The Labute approximate surface area is 148 Å². The van der Waals surface area contributed by atoms with Gasteiger partial charge in [0, 0.05) is 5.56 Å². The van der Waals surface area contributed by atoms with Gasteiger partial charge < -0.3 is 5.11 Å². The summed E-state index contributed by atoms with van der Waals surface area (Å²) in [6.45, 7) is 1.96. The molecule has 0 saturated heterocycles. The molecule has 0 fully saturated rings. The maximum atomic E-state index is 12.7. The van der Waals surface area contributed by atoms with Gasteiger partial charge in [-0.15, -0.1) is 10.2 Å². The summed E-state index contributed by atoms with van der Waals surface area (Å²) in [5.41, 5.74) is 1.57. The number of hydrogen-bond donors (Lipinski definition) is 2. The molecule has 126 valence electrons. The average molecular weight is 353 g/mol. The Morgan fingerprint density at radius 3 is 2.20 bits per heavy atom. The van der Waals surface area contributed by atoms with E-state index >= 15 is 0 Å². The summed E-state index contributed by atoms with van der Waals surface area (Å²) in [7, 11) is 0. The van der Waals surface area contributed by atoms with Gasteiger partial charge in [0.25, 0.3) is 5.91 Å². The number of amides is 1. The van der Waals surface area contributed by atoms with Crippen molar-refractivity contribution < 1.29 is 14.7 Å². The van der Waals surface area contributed by atoms with Gasteiger partial charge in [-0.05, 0) is 29.7 Å².